The third-order valence-electron chi connectivity index (χ3n) is 2.31. The molecule has 0 aliphatic carbocycles. The standard InChI is InChI=1S/C12H14N4O5/c17-11(18)5-2-6-13-12(19)15-14-8-9-3-1-4-10(7-9)16(20)21/h1,3-4,7-8H,2,5-6H2,(H,17,18)(H2,13,15,19)/b14-8+. The number of nitrogens with one attached hydrogen (secondary N) is 2. The topological polar surface area (TPSA) is 134 Å². The number of hydrogen-bond donors (Lipinski definition) is 3. The summed E-state index contributed by atoms with van der Waals surface area (Å²) in [6.07, 6.45) is 1.55. The molecule has 9 nitrogen and oxygen atoms in total. The number of non-ortho nitro benzene ring substituents is 1. The van der Waals surface area contributed by atoms with Gasteiger partial charge in [-0.3, -0.25) is 14.9 Å². The number of benzene rings is 1. The molecule has 1 aromatic rings. The minimum atomic E-state index is -0.930. The van der Waals surface area contributed by atoms with Crippen molar-refractivity contribution in [1.29, 1.82) is 0 Å². The van der Waals surface area contributed by atoms with E-state index < -0.39 is 16.9 Å². The summed E-state index contributed by atoms with van der Waals surface area (Å²) >= 11 is 0. The first-order chi connectivity index (χ1) is 9.99. The van der Waals surface area contributed by atoms with Gasteiger partial charge in [0.1, 0.15) is 0 Å². The SMILES string of the molecule is O=C(O)CCCNC(=O)N/N=C/c1cccc([N+](=O)[O-])c1. The van der Waals surface area contributed by atoms with Crippen LogP contribution in [0.3, 0.4) is 0 Å². The molecule has 0 bridgehead atoms. The van der Waals surface area contributed by atoms with Crippen molar-refractivity contribution in [3.8, 4) is 0 Å². The van der Waals surface area contributed by atoms with Gasteiger partial charge >= 0.3 is 12.0 Å². The molecule has 0 atom stereocenters. The first-order valence-corrected chi connectivity index (χ1v) is 6.02. The molecule has 0 aromatic heterocycles. The summed E-state index contributed by atoms with van der Waals surface area (Å²) < 4.78 is 0. The molecular weight excluding hydrogens is 280 g/mol. The van der Waals surface area contributed by atoms with Gasteiger partial charge in [-0.05, 0) is 6.42 Å². The second-order valence-electron chi connectivity index (χ2n) is 3.98. The highest BCUT2D eigenvalue weighted by atomic mass is 16.6. The van der Waals surface area contributed by atoms with Gasteiger partial charge in [0.2, 0.25) is 0 Å². The zero-order valence-corrected chi connectivity index (χ0v) is 11.0. The Labute approximate surface area is 119 Å². The monoisotopic (exact) mass is 294 g/mol. The largest absolute Gasteiger partial charge is 0.481 e. The fourth-order valence-electron chi connectivity index (χ4n) is 1.37. The van der Waals surface area contributed by atoms with Crippen LogP contribution in [0.15, 0.2) is 29.4 Å². The molecule has 0 radical (unpaired) electrons. The molecule has 0 heterocycles. The number of amides is 2. The summed E-state index contributed by atoms with van der Waals surface area (Å²) in [5, 5.41) is 25.0. The van der Waals surface area contributed by atoms with E-state index in [0.717, 1.165) is 0 Å². The molecule has 0 aliphatic heterocycles. The van der Waals surface area contributed by atoms with Gasteiger partial charge in [-0.1, -0.05) is 12.1 Å². The smallest absolute Gasteiger partial charge is 0.335 e. The molecule has 1 rings (SSSR count). The average Bonchev–Trinajstić information content (AvgIpc) is 2.44. The van der Waals surface area contributed by atoms with Gasteiger partial charge in [0, 0.05) is 30.7 Å². The summed E-state index contributed by atoms with van der Waals surface area (Å²) in [5.41, 5.74) is 2.57. The zero-order valence-electron chi connectivity index (χ0n) is 11.0. The predicted molar refractivity (Wildman–Crippen MR) is 74.1 cm³/mol. The van der Waals surface area contributed by atoms with Crippen molar-refractivity contribution < 1.29 is 19.6 Å². The van der Waals surface area contributed by atoms with Crippen LogP contribution in [0.5, 0.6) is 0 Å². The number of carboxylic acids is 1. The van der Waals surface area contributed by atoms with E-state index in [1.807, 2.05) is 0 Å². The number of carboxylic acid groups (broad SMARTS) is 1. The number of nitro benzene ring substituents is 1. The number of hydrogen-bond acceptors (Lipinski definition) is 5. The van der Waals surface area contributed by atoms with Gasteiger partial charge < -0.3 is 10.4 Å². The molecule has 0 unspecified atom stereocenters. The Bertz CT molecular complexity index is 558. The number of aliphatic carboxylic acids is 1. The van der Waals surface area contributed by atoms with Crippen LogP contribution in [0, 0.1) is 10.1 Å². The van der Waals surface area contributed by atoms with Crippen molar-refractivity contribution in [1.82, 2.24) is 10.7 Å². The lowest BCUT2D eigenvalue weighted by molar-refractivity contribution is -0.384. The number of rotatable bonds is 7. The summed E-state index contributed by atoms with van der Waals surface area (Å²) in [5.74, 6) is -0.930. The maximum absolute atomic E-state index is 11.3. The quantitative estimate of drug-likeness (QED) is 0.299. The van der Waals surface area contributed by atoms with Crippen LogP contribution < -0.4 is 10.7 Å². The van der Waals surface area contributed by atoms with Crippen molar-refractivity contribution in [3.05, 3.63) is 39.9 Å². The zero-order chi connectivity index (χ0) is 15.7. The van der Waals surface area contributed by atoms with E-state index in [1.54, 1.807) is 6.07 Å². The van der Waals surface area contributed by atoms with Crippen LogP contribution in [-0.4, -0.2) is 34.8 Å². The molecule has 1 aromatic carbocycles. The third-order valence-corrected chi connectivity index (χ3v) is 2.31. The highest BCUT2D eigenvalue weighted by molar-refractivity contribution is 5.82. The summed E-state index contributed by atoms with van der Waals surface area (Å²) in [7, 11) is 0. The van der Waals surface area contributed by atoms with E-state index in [9.17, 15) is 19.7 Å². The Morgan fingerprint density at radius 1 is 1.43 bits per heavy atom. The first-order valence-electron chi connectivity index (χ1n) is 6.02. The lowest BCUT2D eigenvalue weighted by atomic mass is 10.2. The molecule has 9 heteroatoms. The fraction of sp³-hybridized carbons (Fsp3) is 0.250. The number of hydrazone groups is 1. The van der Waals surface area contributed by atoms with Gasteiger partial charge in [-0.25, -0.2) is 10.2 Å². The number of urea groups is 1. The van der Waals surface area contributed by atoms with Crippen LogP contribution >= 0.6 is 0 Å². The molecule has 0 aliphatic rings. The molecule has 0 saturated heterocycles. The molecule has 0 fully saturated rings. The highest BCUT2D eigenvalue weighted by Crippen LogP contribution is 2.11. The van der Waals surface area contributed by atoms with E-state index in [-0.39, 0.29) is 18.7 Å². The first kappa shape index (κ1) is 16.1. The van der Waals surface area contributed by atoms with Crippen LogP contribution in [0.1, 0.15) is 18.4 Å². The van der Waals surface area contributed by atoms with Crippen molar-refractivity contribution in [3.63, 3.8) is 0 Å². The lowest BCUT2D eigenvalue weighted by Gasteiger charge is -2.02. The minimum Gasteiger partial charge on any atom is -0.481 e. The van der Waals surface area contributed by atoms with E-state index in [0.29, 0.717) is 12.0 Å². The van der Waals surface area contributed by atoms with E-state index in [2.05, 4.69) is 15.8 Å². The molecule has 0 saturated carbocycles. The van der Waals surface area contributed by atoms with Crippen molar-refractivity contribution in [2.75, 3.05) is 6.54 Å². The van der Waals surface area contributed by atoms with Gasteiger partial charge in [0.25, 0.3) is 5.69 Å². The number of nitrogens with zero attached hydrogens (tertiary/aromatic N) is 2. The Morgan fingerprint density at radius 3 is 2.86 bits per heavy atom. The Balaban J connectivity index is 2.37. The lowest BCUT2D eigenvalue weighted by Crippen LogP contribution is -2.33. The highest BCUT2D eigenvalue weighted by Gasteiger charge is 2.04. The Kier molecular flexibility index (Phi) is 6.32. The second-order valence-corrected chi connectivity index (χ2v) is 3.98. The number of carbonyl (C=O) groups is 2. The molecule has 0 spiro atoms. The van der Waals surface area contributed by atoms with Crippen LogP contribution in [0.2, 0.25) is 0 Å². The van der Waals surface area contributed by atoms with Crippen LogP contribution in [0.4, 0.5) is 10.5 Å². The van der Waals surface area contributed by atoms with Crippen molar-refractivity contribution in [2.24, 2.45) is 5.10 Å². The molecule has 21 heavy (non-hydrogen) atoms. The second kappa shape index (κ2) is 8.25. The summed E-state index contributed by atoms with van der Waals surface area (Å²) in [6, 6.07) is 5.19. The minimum absolute atomic E-state index is 0.0305. The Morgan fingerprint density at radius 2 is 2.19 bits per heavy atom. The molecular formula is C12H14N4O5. The molecule has 2 amide bonds. The summed E-state index contributed by atoms with van der Waals surface area (Å²) in [4.78, 5) is 31.6. The van der Waals surface area contributed by atoms with Crippen molar-refractivity contribution in [2.45, 2.75) is 12.8 Å². The van der Waals surface area contributed by atoms with Crippen LogP contribution in [0.25, 0.3) is 0 Å². The van der Waals surface area contributed by atoms with E-state index in [1.165, 1.54) is 24.4 Å². The van der Waals surface area contributed by atoms with Gasteiger partial charge in [0.05, 0.1) is 11.1 Å². The fourth-order valence-corrected chi connectivity index (χ4v) is 1.37. The van der Waals surface area contributed by atoms with Gasteiger partial charge in [-0.15, -0.1) is 0 Å². The van der Waals surface area contributed by atoms with Gasteiger partial charge in [-0.2, -0.15) is 5.10 Å². The molecule has 3 N–H and O–H groups in total. The third kappa shape index (κ3) is 6.66. The maximum atomic E-state index is 11.3. The van der Waals surface area contributed by atoms with Gasteiger partial charge in [0.15, 0.2) is 0 Å². The molecule has 112 valence electrons. The average molecular weight is 294 g/mol. The summed E-state index contributed by atoms with van der Waals surface area (Å²) in [6.45, 7) is 0.213. The maximum Gasteiger partial charge on any atom is 0.335 e. The van der Waals surface area contributed by atoms with Crippen molar-refractivity contribution >= 4 is 23.9 Å². The predicted octanol–water partition coefficient (Wildman–Crippen LogP) is 1.09. The van der Waals surface area contributed by atoms with E-state index >= 15 is 0 Å². The van der Waals surface area contributed by atoms with Crippen LogP contribution in [-0.2, 0) is 4.79 Å². The number of nitro groups is 1. The van der Waals surface area contributed by atoms with E-state index in [4.69, 9.17) is 5.11 Å². The normalized spacial score (nSPS) is 10.3. The Hall–Kier alpha value is -2.97. The number of carbonyl (C=O) groups excluding carboxylic acids is 1.